The zero-order chi connectivity index (χ0) is 26.9. The number of halogens is 3. The van der Waals surface area contributed by atoms with Crippen LogP contribution in [-0.4, -0.2) is 6.61 Å². The van der Waals surface area contributed by atoms with E-state index < -0.39 is 17.5 Å². The molecule has 1 aliphatic carbocycles. The van der Waals surface area contributed by atoms with Crippen molar-refractivity contribution < 1.29 is 22.6 Å². The maximum Gasteiger partial charge on any atom is 0.201 e. The van der Waals surface area contributed by atoms with Gasteiger partial charge in [-0.05, 0) is 97.7 Å². The second kappa shape index (κ2) is 13.5. The zero-order valence-corrected chi connectivity index (χ0v) is 22.2. The summed E-state index contributed by atoms with van der Waals surface area (Å²) in [4.78, 5) is 0. The standard InChI is InChI=1S/C33H37F3O2/c1-3-5-7-23-8-12-25(13-9-23)26-14-10-24(11-15-26)22-38-30-18-16-27(21-29(30)34)28-17-19-31(33(36)32(28)35)37-20-6-4-2/h3,10-11,14-19,21,23,25H,1,4-9,12-13,20,22H2,2H3. The second-order valence-electron chi connectivity index (χ2n) is 10.2. The lowest BCUT2D eigenvalue weighted by Crippen LogP contribution is -2.13. The monoisotopic (exact) mass is 522 g/mol. The third-order valence-corrected chi connectivity index (χ3v) is 7.52. The minimum Gasteiger partial charge on any atom is -0.490 e. The Labute approximate surface area is 224 Å². The van der Waals surface area contributed by atoms with Gasteiger partial charge in [-0.15, -0.1) is 6.58 Å². The summed E-state index contributed by atoms with van der Waals surface area (Å²) in [6, 6.07) is 15.3. The van der Waals surface area contributed by atoms with Gasteiger partial charge in [0.05, 0.1) is 6.61 Å². The van der Waals surface area contributed by atoms with Crippen LogP contribution >= 0.6 is 0 Å². The minimum absolute atomic E-state index is 0.0267. The lowest BCUT2D eigenvalue weighted by atomic mass is 9.77. The number of hydrogen-bond donors (Lipinski definition) is 0. The first-order chi connectivity index (χ1) is 18.5. The van der Waals surface area contributed by atoms with Gasteiger partial charge in [-0.25, -0.2) is 8.78 Å². The van der Waals surface area contributed by atoms with Crippen LogP contribution in [-0.2, 0) is 6.61 Å². The first-order valence-electron chi connectivity index (χ1n) is 13.7. The van der Waals surface area contributed by atoms with Crippen molar-refractivity contribution in [3.63, 3.8) is 0 Å². The summed E-state index contributed by atoms with van der Waals surface area (Å²) < 4.78 is 55.0. The van der Waals surface area contributed by atoms with Gasteiger partial charge in [0.15, 0.2) is 23.1 Å². The fourth-order valence-electron chi connectivity index (χ4n) is 5.16. The molecule has 0 N–H and O–H groups in total. The van der Waals surface area contributed by atoms with Crippen molar-refractivity contribution in [2.24, 2.45) is 5.92 Å². The molecule has 0 aliphatic heterocycles. The average molecular weight is 523 g/mol. The molecule has 202 valence electrons. The summed E-state index contributed by atoms with van der Waals surface area (Å²) in [5.74, 6) is -1.41. The van der Waals surface area contributed by atoms with Gasteiger partial charge in [-0.3, -0.25) is 0 Å². The summed E-state index contributed by atoms with van der Waals surface area (Å²) in [6.07, 6.45) is 11.0. The van der Waals surface area contributed by atoms with Crippen molar-refractivity contribution in [2.75, 3.05) is 6.61 Å². The summed E-state index contributed by atoms with van der Waals surface area (Å²) in [5.41, 5.74) is 2.50. The van der Waals surface area contributed by atoms with Gasteiger partial charge in [0.2, 0.25) is 5.82 Å². The Morgan fingerprint density at radius 3 is 2.29 bits per heavy atom. The molecule has 0 amide bonds. The molecule has 3 aromatic carbocycles. The molecule has 1 fully saturated rings. The number of hydrogen-bond acceptors (Lipinski definition) is 2. The largest absolute Gasteiger partial charge is 0.490 e. The lowest BCUT2D eigenvalue weighted by Gasteiger charge is -2.28. The molecule has 38 heavy (non-hydrogen) atoms. The van der Waals surface area contributed by atoms with E-state index in [0.717, 1.165) is 30.7 Å². The Kier molecular flexibility index (Phi) is 9.91. The van der Waals surface area contributed by atoms with E-state index in [1.54, 1.807) is 0 Å². The van der Waals surface area contributed by atoms with Crippen molar-refractivity contribution in [2.45, 2.75) is 70.8 Å². The molecule has 1 saturated carbocycles. The molecular weight excluding hydrogens is 485 g/mol. The number of benzene rings is 3. The first kappa shape index (κ1) is 27.8. The van der Waals surface area contributed by atoms with E-state index in [0.29, 0.717) is 12.5 Å². The molecule has 0 radical (unpaired) electrons. The molecular formula is C33H37F3O2. The number of unbranched alkanes of at least 4 members (excludes halogenated alkanes) is 1. The number of rotatable bonds is 12. The molecule has 0 bridgehead atoms. The van der Waals surface area contributed by atoms with Crippen LogP contribution in [0.5, 0.6) is 11.5 Å². The zero-order valence-electron chi connectivity index (χ0n) is 22.2. The Balaban J connectivity index is 1.34. The molecule has 4 rings (SSSR count). The minimum atomic E-state index is -1.07. The van der Waals surface area contributed by atoms with Crippen LogP contribution in [0.4, 0.5) is 13.2 Å². The number of allylic oxidation sites excluding steroid dienone is 1. The highest BCUT2D eigenvalue weighted by molar-refractivity contribution is 5.66. The van der Waals surface area contributed by atoms with E-state index in [9.17, 15) is 13.2 Å². The highest BCUT2D eigenvalue weighted by Crippen LogP contribution is 2.38. The normalized spacial score (nSPS) is 17.3. The van der Waals surface area contributed by atoms with Gasteiger partial charge in [0, 0.05) is 5.56 Å². The van der Waals surface area contributed by atoms with Crippen molar-refractivity contribution in [3.05, 3.63) is 95.8 Å². The predicted octanol–water partition coefficient (Wildman–Crippen LogP) is 9.77. The summed E-state index contributed by atoms with van der Waals surface area (Å²) >= 11 is 0. The van der Waals surface area contributed by atoms with Crippen molar-refractivity contribution in [1.29, 1.82) is 0 Å². The molecule has 0 aromatic heterocycles. The third-order valence-electron chi connectivity index (χ3n) is 7.52. The van der Waals surface area contributed by atoms with Crippen LogP contribution in [0.15, 0.2) is 67.3 Å². The highest BCUT2D eigenvalue weighted by atomic mass is 19.2. The SMILES string of the molecule is C=CCCC1CCC(c2ccc(COc3ccc(-c4ccc(OCCCC)c(F)c4F)cc3F)cc2)CC1. The molecule has 0 atom stereocenters. The van der Waals surface area contributed by atoms with Crippen LogP contribution < -0.4 is 9.47 Å². The molecule has 1 aliphatic rings. The lowest BCUT2D eigenvalue weighted by molar-refractivity contribution is 0.289. The molecule has 0 unspecified atom stereocenters. The van der Waals surface area contributed by atoms with Crippen LogP contribution in [0, 0.1) is 23.4 Å². The van der Waals surface area contributed by atoms with Gasteiger partial charge in [-0.2, -0.15) is 4.39 Å². The smallest absolute Gasteiger partial charge is 0.201 e. The van der Waals surface area contributed by atoms with E-state index in [1.165, 1.54) is 68.0 Å². The fraction of sp³-hybridized carbons (Fsp3) is 0.394. The van der Waals surface area contributed by atoms with Crippen molar-refractivity contribution in [3.8, 4) is 22.6 Å². The summed E-state index contributed by atoms with van der Waals surface area (Å²) in [6.45, 7) is 6.35. The van der Waals surface area contributed by atoms with E-state index in [2.05, 4.69) is 18.7 Å². The highest BCUT2D eigenvalue weighted by Gasteiger charge is 2.22. The molecule has 0 spiro atoms. The molecule has 2 nitrogen and oxygen atoms in total. The maximum absolute atomic E-state index is 14.8. The Hall–Kier alpha value is -3.21. The van der Waals surface area contributed by atoms with E-state index >= 15 is 0 Å². The van der Waals surface area contributed by atoms with Crippen LogP contribution in [0.3, 0.4) is 0 Å². The van der Waals surface area contributed by atoms with E-state index in [1.807, 2.05) is 25.1 Å². The third kappa shape index (κ3) is 7.00. The Bertz CT molecular complexity index is 1200. The van der Waals surface area contributed by atoms with E-state index in [4.69, 9.17) is 9.47 Å². The van der Waals surface area contributed by atoms with Gasteiger partial charge < -0.3 is 9.47 Å². The van der Waals surface area contributed by atoms with E-state index in [-0.39, 0.29) is 29.2 Å². The van der Waals surface area contributed by atoms with Gasteiger partial charge in [-0.1, -0.05) is 49.8 Å². The second-order valence-corrected chi connectivity index (χ2v) is 10.2. The fourth-order valence-corrected chi connectivity index (χ4v) is 5.16. The quantitative estimate of drug-likeness (QED) is 0.174. The maximum atomic E-state index is 14.8. The van der Waals surface area contributed by atoms with Crippen molar-refractivity contribution >= 4 is 0 Å². The molecule has 0 heterocycles. The summed E-state index contributed by atoms with van der Waals surface area (Å²) in [7, 11) is 0. The van der Waals surface area contributed by atoms with Gasteiger partial charge in [0.25, 0.3) is 0 Å². The van der Waals surface area contributed by atoms with Gasteiger partial charge in [0.1, 0.15) is 6.61 Å². The average Bonchev–Trinajstić information content (AvgIpc) is 2.94. The van der Waals surface area contributed by atoms with Crippen LogP contribution in [0.25, 0.3) is 11.1 Å². The van der Waals surface area contributed by atoms with Gasteiger partial charge >= 0.3 is 0 Å². The van der Waals surface area contributed by atoms with Crippen molar-refractivity contribution in [1.82, 2.24) is 0 Å². The topological polar surface area (TPSA) is 18.5 Å². The molecule has 5 heteroatoms. The first-order valence-corrected chi connectivity index (χ1v) is 13.7. The van der Waals surface area contributed by atoms with Crippen LogP contribution in [0.2, 0.25) is 0 Å². The predicted molar refractivity (Wildman–Crippen MR) is 147 cm³/mol. The molecule has 0 saturated heterocycles. The summed E-state index contributed by atoms with van der Waals surface area (Å²) in [5, 5.41) is 0. The molecule has 3 aromatic rings. The Morgan fingerprint density at radius 1 is 0.868 bits per heavy atom. The Morgan fingerprint density at radius 2 is 1.61 bits per heavy atom. The van der Waals surface area contributed by atoms with Crippen LogP contribution in [0.1, 0.15) is 75.3 Å². The number of ether oxygens (including phenoxy) is 2.